The third kappa shape index (κ3) is 4.35. The molecular formula is C21H22FN3O2. The van der Waals surface area contributed by atoms with Crippen LogP contribution in [0, 0.1) is 12.7 Å². The zero-order valence-corrected chi connectivity index (χ0v) is 15.3. The molecule has 5 nitrogen and oxygen atoms in total. The van der Waals surface area contributed by atoms with Gasteiger partial charge in [0, 0.05) is 12.2 Å². The van der Waals surface area contributed by atoms with Crippen LogP contribution in [-0.4, -0.2) is 18.7 Å². The van der Waals surface area contributed by atoms with Crippen LogP contribution < -0.4 is 20.7 Å². The summed E-state index contributed by atoms with van der Waals surface area (Å²) >= 11 is 0. The molecule has 1 aliphatic heterocycles. The molecule has 1 aliphatic rings. The minimum Gasteiger partial charge on any atom is -0.497 e. The predicted octanol–water partition coefficient (Wildman–Crippen LogP) is 3.24. The summed E-state index contributed by atoms with van der Waals surface area (Å²) in [7, 11) is 1.61. The lowest BCUT2D eigenvalue weighted by Crippen LogP contribution is -2.61. The van der Waals surface area contributed by atoms with Gasteiger partial charge in [-0.2, -0.15) is 0 Å². The van der Waals surface area contributed by atoms with Gasteiger partial charge in [0.15, 0.2) is 5.66 Å². The molecule has 0 aromatic heterocycles. The minimum atomic E-state index is -1.14. The number of ether oxygens (including phenoxy) is 1. The molecule has 1 unspecified atom stereocenters. The Balaban J connectivity index is 1.75. The number of hydrogen-bond acceptors (Lipinski definition) is 4. The average molecular weight is 367 g/mol. The second-order valence-electron chi connectivity index (χ2n) is 6.29. The van der Waals surface area contributed by atoms with Gasteiger partial charge < -0.3 is 15.4 Å². The molecule has 0 fully saturated rings. The number of hydrogen-bond donors (Lipinski definition) is 3. The number of rotatable bonds is 6. The number of amides is 1. The molecule has 1 heterocycles. The summed E-state index contributed by atoms with van der Waals surface area (Å²) in [6.45, 7) is 2.12. The van der Waals surface area contributed by atoms with Crippen molar-refractivity contribution >= 4 is 11.6 Å². The second kappa shape index (κ2) is 8.05. The van der Waals surface area contributed by atoms with E-state index in [2.05, 4.69) is 16.0 Å². The normalized spacial score (nSPS) is 18.0. The Hall–Kier alpha value is -3.12. The summed E-state index contributed by atoms with van der Waals surface area (Å²) in [5.41, 5.74) is 0.780. The topological polar surface area (TPSA) is 62.4 Å². The van der Waals surface area contributed by atoms with Gasteiger partial charge in [0.1, 0.15) is 11.6 Å². The molecule has 1 amide bonds. The molecule has 3 N–H and O–H groups in total. The van der Waals surface area contributed by atoms with E-state index in [0.29, 0.717) is 17.8 Å². The zero-order chi connectivity index (χ0) is 19.3. The van der Waals surface area contributed by atoms with Crippen molar-refractivity contribution in [2.45, 2.75) is 19.1 Å². The van der Waals surface area contributed by atoms with Gasteiger partial charge in [-0.25, -0.2) is 4.39 Å². The monoisotopic (exact) mass is 367 g/mol. The standard InChI is InChI=1S/C21H22FN3O2/c1-15-5-8-17(13-19(15)22)25-20(26)21(11-3-4-12-23-21)24-14-16-6-9-18(27-2)10-7-16/h3-13,23-24H,14H2,1-2H3,(H,25,26). The van der Waals surface area contributed by atoms with Crippen molar-refractivity contribution in [1.29, 1.82) is 0 Å². The van der Waals surface area contributed by atoms with Crippen LogP contribution in [0.5, 0.6) is 5.75 Å². The Morgan fingerprint density at radius 2 is 1.96 bits per heavy atom. The summed E-state index contributed by atoms with van der Waals surface area (Å²) in [6, 6.07) is 12.2. The maximum atomic E-state index is 13.8. The van der Waals surface area contributed by atoms with Crippen LogP contribution in [0.3, 0.4) is 0 Å². The molecule has 0 saturated heterocycles. The van der Waals surface area contributed by atoms with Crippen LogP contribution in [-0.2, 0) is 11.3 Å². The molecule has 0 spiro atoms. The van der Waals surface area contributed by atoms with Gasteiger partial charge >= 0.3 is 0 Å². The number of benzene rings is 2. The maximum absolute atomic E-state index is 13.8. The molecule has 0 saturated carbocycles. The van der Waals surface area contributed by atoms with E-state index in [1.807, 2.05) is 24.3 Å². The third-order valence-electron chi connectivity index (χ3n) is 4.38. The first-order valence-electron chi connectivity index (χ1n) is 8.60. The molecule has 27 heavy (non-hydrogen) atoms. The van der Waals surface area contributed by atoms with Crippen molar-refractivity contribution in [3.63, 3.8) is 0 Å². The van der Waals surface area contributed by atoms with Gasteiger partial charge in [-0.05, 0) is 60.7 Å². The van der Waals surface area contributed by atoms with Crippen LogP contribution in [0.4, 0.5) is 10.1 Å². The average Bonchev–Trinajstić information content (AvgIpc) is 2.70. The quantitative estimate of drug-likeness (QED) is 0.734. The molecule has 0 radical (unpaired) electrons. The molecule has 2 aromatic rings. The molecule has 140 valence electrons. The molecule has 3 rings (SSSR count). The van der Waals surface area contributed by atoms with Crippen LogP contribution in [0.25, 0.3) is 0 Å². The van der Waals surface area contributed by atoms with E-state index in [-0.39, 0.29) is 11.7 Å². The number of allylic oxidation sites excluding steroid dienone is 2. The lowest BCUT2D eigenvalue weighted by Gasteiger charge is -2.32. The van der Waals surface area contributed by atoms with Crippen LogP contribution >= 0.6 is 0 Å². The number of halogens is 1. The maximum Gasteiger partial charge on any atom is 0.269 e. The van der Waals surface area contributed by atoms with Gasteiger partial charge in [-0.15, -0.1) is 0 Å². The molecule has 1 atom stereocenters. The third-order valence-corrected chi connectivity index (χ3v) is 4.38. The van der Waals surface area contributed by atoms with E-state index in [0.717, 1.165) is 11.3 Å². The number of aryl methyl sites for hydroxylation is 1. The Bertz CT molecular complexity index is 877. The highest BCUT2D eigenvalue weighted by Gasteiger charge is 2.35. The number of methoxy groups -OCH3 is 1. The highest BCUT2D eigenvalue weighted by molar-refractivity contribution is 5.99. The van der Waals surface area contributed by atoms with Crippen molar-refractivity contribution in [1.82, 2.24) is 10.6 Å². The molecular weight excluding hydrogens is 345 g/mol. The summed E-state index contributed by atoms with van der Waals surface area (Å²) in [5.74, 6) is 0.0752. The lowest BCUT2D eigenvalue weighted by molar-refractivity contribution is -0.121. The van der Waals surface area contributed by atoms with E-state index in [1.54, 1.807) is 50.6 Å². The molecule has 0 aliphatic carbocycles. The van der Waals surface area contributed by atoms with Gasteiger partial charge in [-0.3, -0.25) is 10.1 Å². The highest BCUT2D eigenvalue weighted by Crippen LogP contribution is 2.18. The van der Waals surface area contributed by atoms with Crippen molar-refractivity contribution in [3.8, 4) is 5.75 Å². The summed E-state index contributed by atoms with van der Waals surface area (Å²) in [4.78, 5) is 12.9. The molecule has 6 heteroatoms. The lowest BCUT2D eigenvalue weighted by atomic mass is 10.1. The van der Waals surface area contributed by atoms with Crippen LogP contribution in [0.15, 0.2) is 66.9 Å². The summed E-state index contributed by atoms with van der Waals surface area (Å²) < 4.78 is 18.9. The SMILES string of the molecule is COc1ccc(CNC2(C(=O)Nc3ccc(C)c(F)c3)C=CC=CN2)cc1. The number of carbonyl (C=O) groups is 1. The van der Waals surface area contributed by atoms with Gasteiger partial charge in [-0.1, -0.05) is 24.3 Å². The highest BCUT2D eigenvalue weighted by atomic mass is 19.1. The van der Waals surface area contributed by atoms with Crippen molar-refractivity contribution < 1.29 is 13.9 Å². The number of anilines is 1. The van der Waals surface area contributed by atoms with E-state index in [4.69, 9.17) is 4.74 Å². The fraction of sp³-hybridized carbons (Fsp3) is 0.190. The van der Waals surface area contributed by atoms with Crippen LogP contribution in [0.1, 0.15) is 11.1 Å². The predicted molar refractivity (Wildman–Crippen MR) is 104 cm³/mol. The van der Waals surface area contributed by atoms with E-state index in [1.165, 1.54) is 6.07 Å². The first kappa shape index (κ1) is 18.7. The second-order valence-corrected chi connectivity index (χ2v) is 6.29. The van der Waals surface area contributed by atoms with Crippen LogP contribution in [0.2, 0.25) is 0 Å². The van der Waals surface area contributed by atoms with Gasteiger partial charge in [0.25, 0.3) is 5.91 Å². The van der Waals surface area contributed by atoms with Crippen molar-refractivity contribution in [2.75, 3.05) is 12.4 Å². The van der Waals surface area contributed by atoms with Gasteiger partial charge in [0.2, 0.25) is 0 Å². The number of dihydropyridines is 1. The fourth-order valence-electron chi connectivity index (χ4n) is 2.70. The van der Waals surface area contributed by atoms with Gasteiger partial charge in [0.05, 0.1) is 7.11 Å². The van der Waals surface area contributed by atoms with E-state index >= 15 is 0 Å². The fourth-order valence-corrected chi connectivity index (χ4v) is 2.70. The Labute approximate surface area is 157 Å². The first-order valence-corrected chi connectivity index (χ1v) is 8.60. The summed E-state index contributed by atoms with van der Waals surface area (Å²) in [5, 5.41) is 9.07. The summed E-state index contributed by atoms with van der Waals surface area (Å²) in [6.07, 6.45) is 7.01. The Morgan fingerprint density at radius 1 is 1.19 bits per heavy atom. The Morgan fingerprint density at radius 3 is 2.59 bits per heavy atom. The minimum absolute atomic E-state index is 0.333. The van der Waals surface area contributed by atoms with Crippen molar-refractivity contribution in [3.05, 3.63) is 83.8 Å². The smallest absolute Gasteiger partial charge is 0.269 e. The largest absolute Gasteiger partial charge is 0.497 e. The van der Waals surface area contributed by atoms with E-state index in [9.17, 15) is 9.18 Å². The zero-order valence-electron chi connectivity index (χ0n) is 15.3. The number of nitrogens with one attached hydrogen (secondary N) is 3. The number of carbonyl (C=O) groups excluding carboxylic acids is 1. The molecule has 2 aromatic carbocycles. The molecule has 0 bridgehead atoms. The van der Waals surface area contributed by atoms with E-state index < -0.39 is 5.66 Å². The first-order chi connectivity index (χ1) is 13.0. The van der Waals surface area contributed by atoms with Crippen molar-refractivity contribution in [2.24, 2.45) is 0 Å². The Kier molecular flexibility index (Phi) is 5.57.